The summed E-state index contributed by atoms with van der Waals surface area (Å²) >= 11 is 0. The number of ether oxygens (including phenoxy) is 4. The van der Waals surface area contributed by atoms with Crippen LogP contribution in [0.5, 0.6) is 11.5 Å². The van der Waals surface area contributed by atoms with Crippen molar-refractivity contribution in [3.63, 3.8) is 0 Å². The third-order valence-corrected chi connectivity index (χ3v) is 13.1. The van der Waals surface area contributed by atoms with Gasteiger partial charge in [0.1, 0.15) is 28.4 Å². The Bertz CT molecular complexity index is 2780. The lowest BCUT2D eigenvalue weighted by molar-refractivity contribution is -0.160. The second kappa shape index (κ2) is 18.4. The Labute approximate surface area is 370 Å². The van der Waals surface area contributed by atoms with Gasteiger partial charge in [0.15, 0.2) is 11.2 Å². The van der Waals surface area contributed by atoms with Gasteiger partial charge in [0.05, 0.1) is 41.0 Å². The minimum Gasteiger partial charge on any atom is -0.505 e. The number of carbonyl (C=O) groups is 3. The number of aromatic hydroxyl groups is 1. The average Bonchev–Trinajstić information content (AvgIpc) is 3.78. The molecule has 1 amide bonds. The van der Waals surface area contributed by atoms with E-state index in [1.165, 1.54) is 52.7 Å². The molecule has 9 atom stereocenters. The lowest BCUT2D eigenvalue weighted by Crippen LogP contribution is -2.46. The van der Waals surface area contributed by atoms with Crippen LogP contribution in [-0.2, 0) is 23.8 Å². The number of aliphatic hydroxyl groups is 2. The topological polar surface area (TPSA) is 214 Å². The predicted octanol–water partition coefficient (Wildman–Crippen LogP) is 4.37. The number of aliphatic hydroxyl groups excluding tert-OH is 2. The molecule has 4 aromatic rings. The van der Waals surface area contributed by atoms with Crippen LogP contribution in [0, 0.1) is 30.6 Å². The molecule has 0 radical (unpaired) electrons. The number of hydrogen-bond donors (Lipinski definition) is 5. The van der Waals surface area contributed by atoms with Gasteiger partial charge in [-0.05, 0) is 50.1 Å². The number of phenols is 1. The SMILES string of the molecule is CO[C@H]1/C=C/O[C@@]2(C)Oc3c(C)c(=O)c4c(O)c(c5c([nH]c6c/c(=C/NN7CCCCC7)ccn65)c4c3C2=O)=NC(=O)/C(C)=C\C=C\[C@H](C)[C@H](O)[C@@H](C)[C@@H](O)[C@@H](C)[C@H](OC(C)=O)[C@@H]1C. The van der Waals surface area contributed by atoms with Crippen LogP contribution in [0.1, 0.15) is 83.7 Å². The fourth-order valence-electron chi connectivity index (χ4n) is 9.23. The van der Waals surface area contributed by atoms with Crippen molar-refractivity contribution in [1.29, 1.82) is 0 Å². The van der Waals surface area contributed by atoms with Gasteiger partial charge < -0.3 is 44.7 Å². The van der Waals surface area contributed by atoms with Crippen LogP contribution in [-0.4, -0.2) is 97.8 Å². The third kappa shape index (κ3) is 8.47. The molecule has 0 spiro atoms. The Kier molecular flexibility index (Phi) is 13.2. The number of hydrazine groups is 1. The standard InChI is InChI=1S/C48H59N5O11/c1-24-14-13-15-25(2)47(60)51-38-39-37(50-33-22-31(16-20-53(33)39)23-49-52-18-11-10-12-19-52)34-35(43(38)58)42(57)29(6)45-36(34)46(59)48(8,64-45)62-21-17-32(61-9)26(3)44(63-30(7)54)28(5)41(56)27(4)40(24)55/h13-17,20-24,26-28,32,40-41,44,49-50,55-56,58H,10-12,18-19H2,1-9H3/b14-13+,21-17+,25-15-,31-23+,51-38?/t24-,26+,27+,28+,32-,40-,41+,44+,48-/m0/s1. The summed E-state index contributed by atoms with van der Waals surface area (Å²) in [5.41, 5.74) is 3.91. The predicted molar refractivity (Wildman–Crippen MR) is 240 cm³/mol. The fourth-order valence-corrected chi connectivity index (χ4v) is 9.23. The Morgan fingerprint density at radius 2 is 1.73 bits per heavy atom. The van der Waals surface area contributed by atoms with Gasteiger partial charge in [0.25, 0.3) is 11.7 Å². The lowest BCUT2D eigenvalue weighted by Gasteiger charge is -2.38. The number of rotatable bonds is 4. The number of fused-ring (bicyclic) bond motifs is 2. The molecular formula is C48H59N5O11. The second-order valence-electron chi connectivity index (χ2n) is 17.7. The highest BCUT2D eigenvalue weighted by Gasteiger charge is 2.49. The number of imidazole rings is 1. The number of piperidine rings is 1. The minimum atomic E-state index is -2.00. The van der Waals surface area contributed by atoms with Crippen LogP contribution in [0.25, 0.3) is 33.7 Å². The van der Waals surface area contributed by atoms with Crippen LogP contribution >= 0.6 is 0 Å². The Morgan fingerprint density at radius 1 is 1.02 bits per heavy atom. The maximum absolute atomic E-state index is 14.8. The van der Waals surface area contributed by atoms with Crippen molar-refractivity contribution >= 4 is 51.3 Å². The van der Waals surface area contributed by atoms with Crippen LogP contribution < -0.4 is 26.2 Å². The zero-order chi connectivity index (χ0) is 46.4. The molecule has 2 aromatic carbocycles. The van der Waals surface area contributed by atoms with E-state index < -0.39 is 82.7 Å². The molecule has 16 heteroatoms. The molecule has 7 rings (SSSR count). The summed E-state index contributed by atoms with van der Waals surface area (Å²) in [6, 6.07) is 3.71. The highest BCUT2D eigenvalue weighted by atomic mass is 16.7. The molecule has 0 aliphatic carbocycles. The van der Waals surface area contributed by atoms with Gasteiger partial charge >= 0.3 is 11.8 Å². The van der Waals surface area contributed by atoms with Gasteiger partial charge in [0.2, 0.25) is 0 Å². The molecule has 1 fully saturated rings. The molecular weight excluding hydrogens is 823 g/mol. The first-order valence-corrected chi connectivity index (χ1v) is 21.9. The van der Waals surface area contributed by atoms with E-state index in [0.29, 0.717) is 5.65 Å². The first-order chi connectivity index (χ1) is 30.4. The van der Waals surface area contributed by atoms with Gasteiger partial charge in [-0.3, -0.25) is 23.6 Å². The van der Waals surface area contributed by atoms with Gasteiger partial charge in [-0.25, -0.2) is 10.0 Å². The van der Waals surface area contributed by atoms with Crippen molar-refractivity contribution < 1.29 is 48.7 Å². The zero-order valence-corrected chi connectivity index (χ0v) is 37.8. The monoisotopic (exact) mass is 881 g/mol. The summed E-state index contributed by atoms with van der Waals surface area (Å²) in [4.78, 5) is 63.3. The number of aromatic nitrogens is 2. The van der Waals surface area contributed by atoms with Crippen molar-refractivity contribution in [2.24, 2.45) is 28.7 Å². The zero-order valence-electron chi connectivity index (χ0n) is 37.8. The van der Waals surface area contributed by atoms with Crippen molar-refractivity contribution in [1.82, 2.24) is 19.8 Å². The van der Waals surface area contributed by atoms with Crippen molar-refractivity contribution in [2.75, 3.05) is 20.2 Å². The number of allylic oxidation sites excluding steroid dienone is 2. The van der Waals surface area contributed by atoms with Gasteiger partial charge in [-0.15, -0.1) is 0 Å². The van der Waals surface area contributed by atoms with Gasteiger partial charge in [-0.1, -0.05) is 52.3 Å². The summed E-state index contributed by atoms with van der Waals surface area (Å²) < 4.78 is 25.7. The molecule has 3 aliphatic heterocycles. The van der Waals surface area contributed by atoms with E-state index in [-0.39, 0.29) is 49.6 Å². The largest absolute Gasteiger partial charge is 0.505 e. The number of Topliss-reactive ketones (excluding diaryl/α,β-unsaturated/α-hetero) is 1. The smallest absolute Gasteiger partial charge is 0.312 e. The number of carbonyl (C=O) groups excluding carboxylic acids is 3. The van der Waals surface area contributed by atoms with Crippen molar-refractivity contribution in [3.8, 4) is 11.5 Å². The summed E-state index contributed by atoms with van der Waals surface area (Å²) in [5, 5.41) is 37.8. The highest BCUT2D eigenvalue weighted by Crippen LogP contribution is 2.44. The Morgan fingerprint density at radius 3 is 2.42 bits per heavy atom. The molecule has 16 nitrogen and oxygen atoms in total. The first kappa shape index (κ1) is 46.2. The quantitative estimate of drug-likeness (QED) is 0.181. The number of pyridine rings is 1. The second-order valence-corrected chi connectivity index (χ2v) is 17.7. The summed E-state index contributed by atoms with van der Waals surface area (Å²) in [6.07, 6.45) is 10.8. The number of nitrogens with one attached hydrogen (secondary N) is 2. The molecule has 64 heavy (non-hydrogen) atoms. The number of nitrogens with zero attached hydrogens (tertiary/aromatic N) is 3. The number of benzene rings is 2. The first-order valence-electron chi connectivity index (χ1n) is 21.9. The highest BCUT2D eigenvalue weighted by molar-refractivity contribution is 6.23. The summed E-state index contributed by atoms with van der Waals surface area (Å²) in [5.74, 6) is -7.02. The molecule has 5 N–H and O–H groups in total. The number of esters is 1. The van der Waals surface area contributed by atoms with E-state index in [2.05, 4.69) is 20.4 Å². The van der Waals surface area contributed by atoms with Crippen molar-refractivity contribution in [3.05, 3.63) is 86.4 Å². The minimum absolute atomic E-state index is 0.0117. The normalized spacial score (nSPS) is 30.8. The number of methoxy groups -OCH3 is 1. The maximum atomic E-state index is 14.8. The number of hydrogen-bond acceptors (Lipinski definition) is 13. The third-order valence-electron chi connectivity index (χ3n) is 13.1. The molecule has 5 heterocycles. The summed E-state index contributed by atoms with van der Waals surface area (Å²) in [6.45, 7) is 14.5. The van der Waals surface area contributed by atoms with E-state index >= 15 is 0 Å². The van der Waals surface area contributed by atoms with Gasteiger partial charge in [0, 0.05) is 86.6 Å². The molecule has 4 bridgehead atoms. The molecule has 1 saturated heterocycles. The fraction of sp³-hybridized carbons (Fsp3) is 0.479. The average molecular weight is 882 g/mol. The number of H-pyrrole nitrogens is 1. The number of phenolic OH excluding ortho intramolecular Hbond substituents is 1. The van der Waals surface area contributed by atoms with E-state index in [4.69, 9.17) is 18.9 Å². The Balaban J connectivity index is 1.45. The van der Waals surface area contributed by atoms with E-state index in [1.807, 2.05) is 18.3 Å². The van der Waals surface area contributed by atoms with Crippen molar-refractivity contribution in [2.45, 2.75) is 105 Å². The van der Waals surface area contributed by atoms with Crippen LogP contribution in [0.2, 0.25) is 0 Å². The van der Waals surface area contributed by atoms with Crippen LogP contribution in [0.3, 0.4) is 0 Å². The Hall–Kier alpha value is -5.81. The molecule has 0 unspecified atom stereocenters. The van der Waals surface area contributed by atoms with Gasteiger partial charge in [-0.2, -0.15) is 0 Å². The van der Waals surface area contributed by atoms with Crippen LogP contribution in [0.15, 0.2) is 64.3 Å². The number of aromatic amines is 1. The number of amides is 1. The molecule has 0 saturated carbocycles. The van der Waals surface area contributed by atoms with E-state index in [9.17, 15) is 34.5 Å². The molecule has 3 aliphatic rings. The lowest BCUT2D eigenvalue weighted by atomic mass is 9.78. The number of ketones is 1. The molecule has 2 aromatic heterocycles. The summed E-state index contributed by atoms with van der Waals surface area (Å²) in [7, 11) is 1.46. The van der Waals surface area contributed by atoms with E-state index in [0.717, 1.165) is 31.1 Å². The van der Waals surface area contributed by atoms with E-state index in [1.54, 1.807) is 57.4 Å². The van der Waals surface area contributed by atoms with Crippen LogP contribution in [0.4, 0.5) is 0 Å². The maximum Gasteiger partial charge on any atom is 0.312 e. The molecule has 342 valence electrons.